The van der Waals surface area contributed by atoms with Crippen LogP contribution in [0.15, 0.2) is 11.9 Å². The van der Waals surface area contributed by atoms with Crippen molar-refractivity contribution in [1.29, 1.82) is 0 Å². The van der Waals surface area contributed by atoms with Crippen molar-refractivity contribution in [2.45, 2.75) is 109 Å². The Kier molecular flexibility index (Phi) is 8.27. The molecular formula is C27H42F4O. The molecule has 0 amide bonds. The van der Waals surface area contributed by atoms with Crippen LogP contribution in [0.3, 0.4) is 0 Å². The zero-order valence-corrected chi connectivity index (χ0v) is 19.7. The Balaban J connectivity index is 1.16. The molecule has 0 bridgehead atoms. The van der Waals surface area contributed by atoms with Crippen molar-refractivity contribution in [3.63, 3.8) is 0 Å². The van der Waals surface area contributed by atoms with Crippen LogP contribution < -0.4 is 0 Å². The molecule has 32 heavy (non-hydrogen) atoms. The first kappa shape index (κ1) is 24.5. The summed E-state index contributed by atoms with van der Waals surface area (Å²) in [4.78, 5) is 0. The fourth-order valence-electron chi connectivity index (χ4n) is 7.54. The SMILES string of the molecule is CC1CCC(C2CCC(C3CCC(C4CCC(/C(F)=C/C(F)(F)F)OC4)CC3)CC2)CC1. The number of rotatable bonds is 4. The van der Waals surface area contributed by atoms with Gasteiger partial charge in [0.15, 0.2) is 0 Å². The van der Waals surface area contributed by atoms with Crippen molar-refractivity contribution in [3.8, 4) is 0 Å². The van der Waals surface area contributed by atoms with Gasteiger partial charge in [-0.15, -0.1) is 0 Å². The molecule has 1 heterocycles. The molecule has 4 rings (SSSR count). The highest BCUT2D eigenvalue weighted by atomic mass is 19.4. The minimum Gasteiger partial charge on any atom is -0.371 e. The Morgan fingerprint density at radius 2 is 1.00 bits per heavy atom. The van der Waals surface area contributed by atoms with Gasteiger partial charge in [-0.1, -0.05) is 19.8 Å². The number of halogens is 4. The standard InChI is InChI=1S/C27H42F4O/c1-18-2-4-19(5-3-18)20-6-8-21(9-7-20)22-10-12-23(13-11-22)24-14-15-26(32-17-24)25(28)16-27(29,30)31/h16,18-24,26H,2-15,17H2,1H3/b25-16-. The fraction of sp³-hybridized carbons (Fsp3) is 0.926. The largest absolute Gasteiger partial charge is 0.412 e. The molecule has 1 nitrogen and oxygen atoms in total. The average molecular weight is 459 g/mol. The molecule has 3 aliphatic carbocycles. The first-order valence-corrected chi connectivity index (χ1v) is 13.3. The van der Waals surface area contributed by atoms with Crippen molar-refractivity contribution in [1.82, 2.24) is 0 Å². The van der Waals surface area contributed by atoms with E-state index < -0.39 is 18.1 Å². The molecule has 4 aliphatic rings. The summed E-state index contributed by atoms with van der Waals surface area (Å²) in [5.74, 6) is 4.50. The van der Waals surface area contributed by atoms with Crippen molar-refractivity contribution in [2.24, 2.45) is 41.4 Å². The van der Waals surface area contributed by atoms with Crippen LogP contribution in [0.4, 0.5) is 17.6 Å². The molecule has 184 valence electrons. The van der Waals surface area contributed by atoms with Crippen LogP contribution in [-0.4, -0.2) is 18.9 Å². The van der Waals surface area contributed by atoms with Gasteiger partial charge in [-0.3, -0.25) is 0 Å². The Labute approximate surface area is 191 Å². The van der Waals surface area contributed by atoms with Crippen LogP contribution in [-0.2, 0) is 4.74 Å². The molecule has 0 N–H and O–H groups in total. The van der Waals surface area contributed by atoms with Crippen molar-refractivity contribution in [3.05, 3.63) is 11.9 Å². The molecule has 2 atom stereocenters. The van der Waals surface area contributed by atoms with Gasteiger partial charge in [-0.25, -0.2) is 4.39 Å². The van der Waals surface area contributed by atoms with E-state index in [9.17, 15) is 17.6 Å². The van der Waals surface area contributed by atoms with Crippen LogP contribution in [0.25, 0.3) is 0 Å². The number of alkyl halides is 3. The van der Waals surface area contributed by atoms with Gasteiger partial charge in [0.2, 0.25) is 0 Å². The normalized spacial score (nSPS) is 42.6. The topological polar surface area (TPSA) is 9.23 Å². The average Bonchev–Trinajstić information content (AvgIpc) is 2.79. The highest BCUT2D eigenvalue weighted by molar-refractivity contribution is 5.04. The summed E-state index contributed by atoms with van der Waals surface area (Å²) in [5, 5.41) is 0. The molecule has 4 fully saturated rings. The Hall–Kier alpha value is -0.580. The molecular weight excluding hydrogens is 416 g/mol. The molecule has 0 aromatic rings. The maximum Gasteiger partial charge on any atom is 0.412 e. The molecule has 5 heteroatoms. The van der Waals surface area contributed by atoms with E-state index in [1.54, 1.807) is 0 Å². The van der Waals surface area contributed by atoms with E-state index in [2.05, 4.69) is 6.92 Å². The summed E-state index contributed by atoms with van der Waals surface area (Å²) >= 11 is 0. The molecule has 1 aliphatic heterocycles. The summed E-state index contributed by atoms with van der Waals surface area (Å²) < 4.78 is 56.4. The van der Waals surface area contributed by atoms with Crippen molar-refractivity contribution < 1.29 is 22.3 Å². The predicted molar refractivity (Wildman–Crippen MR) is 120 cm³/mol. The van der Waals surface area contributed by atoms with Crippen LogP contribution in [0.2, 0.25) is 0 Å². The van der Waals surface area contributed by atoms with Gasteiger partial charge >= 0.3 is 6.18 Å². The van der Waals surface area contributed by atoms with Gasteiger partial charge in [0.05, 0.1) is 12.7 Å². The van der Waals surface area contributed by atoms with Crippen molar-refractivity contribution >= 4 is 0 Å². The number of allylic oxidation sites excluding steroid dienone is 1. The summed E-state index contributed by atoms with van der Waals surface area (Å²) in [6, 6.07) is 0. The van der Waals surface area contributed by atoms with Gasteiger partial charge in [-0.2, -0.15) is 13.2 Å². The first-order valence-electron chi connectivity index (χ1n) is 13.3. The van der Waals surface area contributed by atoms with E-state index in [0.717, 1.165) is 36.0 Å². The van der Waals surface area contributed by atoms with Crippen molar-refractivity contribution in [2.75, 3.05) is 6.61 Å². The van der Waals surface area contributed by atoms with Gasteiger partial charge in [0.1, 0.15) is 11.9 Å². The molecule has 0 spiro atoms. The minimum absolute atomic E-state index is 0.243. The lowest BCUT2D eigenvalue weighted by Crippen LogP contribution is -2.34. The second-order valence-electron chi connectivity index (χ2n) is 11.6. The number of hydrogen-bond donors (Lipinski definition) is 0. The summed E-state index contributed by atoms with van der Waals surface area (Å²) in [6.07, 6.45) is 11.8. The highest BCUT2D eigenvalue weighted by Crippen LogP contribution is 2.47. The Bertz CT molecular complexity index is 598. The lowest BCUT2D eigenvalue weighted by Gasteiger charge is -2.42. The second-order valence-corrected chi connectivity index (χ2v) is 11.6. The van der Waals surface area contributed by atoms with E-state index in [1.807, 2.05) is 0 Å². The molecule has 2 unspecified atom stereocenters. The Morgan fingerprint density at radius 3 is 1.38 bits per heavy atom. The third kappa shape index (κ3) is 6.51. The Morgan fingerprint density at radius 1 is 0.625 bits per heavy atom. The maximum absolute atomic E-state index is 13.8. The molecule has 1 saturated heterocycles. The minimum atomic E-state index is -4.61. The highest BCUT2D eigenvalue weighted by Gasteiger charge is 2.37. The van der Waals surface area contributed by atoms with E-state index in [-0.39, 0.29) is 6.08 Å². The van der Waals surface area contributed by atoms with Gasteiger partial charge in [0, 0.05) is 0 Å². The van der Waals surface area contributed by atoms with E-state index >= 15 is 0 Å². The van der Waals surface area contributed by atoms with Crippen LogP contribution in [0.1, 0.15) is 96.8 Å². The zero-order chi connectivity index (χ0) is 22.7. The predicted octanol–water partition coefficient (Wildman–Crippen LogP) is 8.64. The fourth-order valence-corrected chi connectivity index (χ4v) is 7.54. The quantitative estimate of drug-likeness (QED) is 0.383. The zero-order valence-electron chi connectivity index (χ0n) is 19.7. The summed E-state index contributed by atoms with van der Waals surface area (Å²) in [6.45, 7) is 2.81. The third-order valence-electron chi connectivity index (χ3n) is 9.61. The maximum atomic E-state index is 13.8. The smallest absolute Gasteiger partial charge is 0.371 e. The first-order chi connectivity index (χ1) is 15.3. The van der Waals surface area contributed by atoms with E-state index in [4.69, 9.17) is 4.74 Å². The monoisotopic (exact) mass is 458 g/mol. The summed E-state index contributed by atoms with van der Waals surface area (Å²) in [7, 11) is 0. The number of ether oxygens (including phenoxy) is 1. The van der Waals surface area contributed by atoms with Crippen LogP contribution >= 0.6 is 0 Å². The summed E-state index contributed by atoms with van der Waals surface area (Å²) in [5.41, 5.74) is 0. The second kappa shape index (κ2) is 10.8. The third-order valence-corrected chi connectivity index (χ3v) is 9.61. The van der Waals surface area contributed by atoms with Gasteiger partial charge < -0.3 is 4.74 Å². The molecule has 3 saturated carbocycles. The van der Waals surface area contributed by atoms with Gasteiger partial charge in [0.25, 0.3) is 0 Å². The van der Waals surface area contributed by atoms with E-state index in [0.29, 0.717) is 24.9 Å². The van der Waals surface area contributed by atoms with Gasteiger partial charge in [-0.05, 0) is 118 Å². The molecule has 0 aromatic carbocycles. The molecule has 0 aromatic heterocycles. The lowest BCUT2D eigenvalue weighted by molar-refractivity contribution is -0.0856. The lowest BCUT2D eigenvalue weighted by atomic mass is 9.64. The number of hydrogen-bond acceptors (Lipinski definition) is 1. The molecule has 0 radical (unpaired) electrons. The van der Waals surface area contributed by atoms with Crippen LogP contribution in [0, 0.1) is 41.4 Å². The van der Waals surface area contributed by atoms with E-state index in [1.165, 1.54) is 77.0 Å². The van der Waals surface area contributed by atoms with Crippen LogP contribution in [0.5, 0.6) is 0 Å².